The molecule has 2 aliphatic rings. The molecule has 0 aromatic rings. The number of nitrogens with zero attached hydrogens (tertiary/aromatic N) is 1. The van der Waals surface area contributed by atoms with E-state index in [1.54, 1.807) is 0 Å². The van der Waals surface area contributed by atoms with Crippen LogP contribution in [-0.4, -0.2) is 40.4 Å². The minimum absolute atomic E-state index is 0.145. The molecule has 4 nitrogen and oxygen atoms in total. The van der Waals surface area contributed by atoms with E-state index in [9.17, 15) is 9.90 Å². The van der Waals surface area contributed by atoms with Gasteiger partial charge in [-0.25, -0.2) is 4.79 Å². The third-order valence-corrected chi connectivity index (χ3v) is 4.56. The van der Waals surface area contributed by atoms with E-state index in [1.165, 1.54) is 0 Å². The highest BCUT2D eigenvalue weighted by molar-refractivity contribution is 5.68. The van der Waals surface area contributed by atoms with Crippen LogP contribution in [-0.2, 0) is 4.74 Å². The van der Waals surface area contributed by atoms with Crippen LogP contribution in [0.3, 0.4) is 0 Å². The van der Waals surface area contributed by atoms with Gasteiger partial charge >= 0.3 is 6.09 Å². The van der Waals surface area contributed by atoms with Crippen molar-refractivity contribution in [3.05, 3.63) is 0 Å². The standard InChI is InChI=1S/C16H29NO3/c1-11-8-9-17(15(19)20-16(2,3)4)13(10-11)12-6-5-7-14(12)18/h11-14,18H,5-10H2,1-4H3. The van der Waals surface area contributed by atoms with E-state index in [2.05, 4.69) is 6.92 Å². The largest absolute Gasteiger partial charge is 0.444 e. The minimum atomic E-state index is -0.459. The summed E-state index contributed by atoms with van der Waals surface area (Å²) in [6.07, 6.45) is 4.51. The summed E-state index contributed by atoms with van der Waals surface area (Å²) in [5, 5.41) is 10.2. The van der Waals surface area contributed by atoms with Gasteiger partial charge < -0.3 is 14.7 Å². The Kier molecular flexibility index (Phi) is 4.62. The molecule has 1 saturated carbocycles. The Hall–Kier alpha value is -0.770. The first kappa shape index (κ1) is 15.6. The molecule has 0 aromatic heterocycles. The van der Waals surface area contributed by atoms with Crippen LogP contribution in [0, 0.1) is 11.8 Å². The molecule has 0 radical (unpaired) electrons. The number of hydrogen-bond donors (Lipinski definition) is 1. The van der Waals surface area contributed by atoms with Crippen molar-refractivity contribution < 1.29 is 14.6 Å². The van der Waals surface area contributed by atoms with E-state index < -0.39 is 5.60 Å². The quantitative estimate of drug-likeness (QED) is 0.804. The second-order valence-corrected chi connectivity index (χ2v) is 7.53. The highest BCUT2D eigenvalue weighted by Gasteiger charge is 2.41. The molecular weight excluding hydrogens is 254 g/mol. The van der Waals surface area contributed by atoms with Crippen molar-refractivity contribution in [2.24, 2.45) is 11.8 Å². The van der Waals surface area contributed by atoms with Gasteiger partial charge in [0.05, 0.1) is 6.10 Å². The number of rotatable bonds is 1. The maximum Gasteiger partial charge on any atom is 0.410 e. The Labute approximate surface area is 122 Å². The van der Waals surface area contributed by atoms with Crippen LogP contribution in [0.15, 0.2) is 0 Å². The molecule has 1 N–H and O–H groups in total. The third-order valence-electron chi connectivity index (χ3n) is 4.56. The summed E-state index contributed by atoms with van der Waals surface area (Å²) in [4.78, 5) is 14.3. The van der Waals surface area contributed by atoms with Gasteiger partial charge in [-0.1, -0.05) is 13.3 Å². The molecule has 2 rings (SSSR count). The molecule has 4 atom stereocenters. The van der Waals surface area contributed by atoms with Gasteiger partial charge in [0.2, 0.25) is 0 Å². The summed E-state index contributed by atoms with van der Waals surface area (Å²) < 4.78 is 5.54. The zero-order chi connectivity index (χ0) is 14.9. The van der Waals surface area contributed by atoms with Crippen molar-refractivity contribution in [2.45, 2.75) is 77.5 Å². The highest BCUT2D eigenvalue weighted by atomic mass is 16.6. The van der Waals surface area contributed by atoms with Gasteiger partial charge in [-0.2, -0.15) is 0 Å². The molecule has 4 unspecified atom stereocenters. The van der Waals surface area contributed by atoms with Gasteiger partial charge in [-0.05, 0) is 52.4 Å². The second kappa shape index (κ2) is 5.92. The lowest BCUT2D eigenvalue weighted by molar-refractivity contribution is -0.0168. The van der Waals surface area contributed by atoms with Crippen molar-refractivity contribution in [1.29, 1.82) is 0 Å². The van der Waals surface area contributed by atoms with Crippen LogP contribution in [0.5, 0.6) is 0 Å². The summed E-state index contributed by atoms with van der Waals surface area (Å²) in [5.41, 5.74) is -0.459. The molecule has 1 aliphatic heterocycles. The fourth-order valence-corrected chi connectivity index (χ4v) is 3.55. The molecule has 1 saturated heterocycles. The molecule has 0 aromatic carbocycles. The average Bonchev–Trinajstić information content (AvgIpc) is 2.72. The number of ether oxygens (including phenoxy) is 1. The van der Waals surface area contributed by atoms with E-state index in [0.29, 0.717) is 5.92 Å². The van der Waals surface area contributed by atoms with Crippen molar-refractivity contribution in [1.82, 2.24) is 4.90 Å². The van der Waals surface area contributed by atoms with Crippen LogP contribution in [0.25, 0.3) is 0 Å². The van der Waals surface area contributed by atoms with Gasteiger partial charge in [0, 0.05) is 18.5 Å². The summed E-state index contributed by atoms with van der Waals surface area (Å²) in [6.45, 7) is 8.69. The first-order chi connectivity index (χ1) is 9.28. The Bertz CT molecular complexity index is 350. The predicted octanol–water partition coefficient (Wildman–Crippen LogP) is 3.18. The lowest BCUT2D eigenvalue weighted by Gasteiger charge is -2.42. The number of amides is 1. The third kappa shape index (κ3) is 3.66. The van der Waals surface area contributed by atoms with Crippen molar-refractivity contribution >= 4 is 6.09 Å². The highest BCUT2D eigenvalue weighted by Crippen LogP contribution is 2.37. The Morgan fingerprint density at radius 3 is 2.50 bits per heavy atom. The van der Waals surface area contributed by atoms with Gasteiger partial charge in [-0.3, -0.25) is 0 Å². The van der Waals surface area contributed by atoms with E-state index in [4.69, 9.17) is 4.74 Å². The van der Waals surface area contributed by atoms with Gasteiger partial charge in [0.1, 0.15) is 5.60 Å². The second-order valence-electron chi connectivity index (χ2n) is 7.53. The maximum absolute atomic E-state index is 12.4. The van der Waals surface area contributed by atoms with Crippen LogP contribution in [0.1, 0.15) is 59.8 Å². The SMILES string of the molecule is CC1CCN(C(=O)OC(C)(C)C)C(C2CCCC2O)C1. The minimum Gasteiger partial charge on any atom is -0.444 e. The maximum atomic E-state index is 12.4. The lowest BCUT2D eigenvalue weighted by atomic mass is 9.83. The fraction of sp³-hybridized carbons (Fsp3) is 0.938. The summed E-state index contributed by atoms with van der Waals surface area (Å²) >= 11 is 0. The molecule has 1 aliphatic carbocycles. The zero-order valence-corrected chi connectivity index (χ0v) is 13.3. The van der Waals surface area contributed by atoms with Crippen LogP contribution >= 0.6 is 0 Å². The molecule has 20 heavy (non-hydrogen) atoms. The number of carbonyl (C=O) groups excluding carboxylic acids is 1. The molecule has 1 heterocycles. The summed E-state index contributed by atoms with van der Waals surface area (Å²) in [6, 6.07) is 0.145. The first-order valence-electron chi connectivity index (χ1n) is 7.95. The summed E-state index contributed by atoms with van der Waals surface area (Å²) in [5.74, 6) is 0.844. The fourth-order valence-electron chi connectivity index (χ4n) is 3.55. The van der Waals surface area contributed by atoms with Crippen LogP contribution in [0.4, 0.5) is 4.79 Å². The molecule has 2 fully saturated rings. The molecule has 0 spiro atoms. The smallest absolute Gasteiger partial charge is 0.410 e. The predicted molar refractivity (Wildman–Crippen MR) is 78.5 cm³/mol. The Morgan fingerprint density at radius 1 is 1.25 bits per heavy atom. The zero-order valence-electron chi connectivity index (χ0n) is 13.3. The molecular formula is C16H29NO3. The van der Waals surface area contributed by atoms with Gasteiger partial charge in [0.15, 0.2) is 0 Å². The number of piperidine rings is 1. The van der Waals surface area contributed by atoms with E-state index >= 15 is 0 Å². The molecule has 4 heteroatoms. The molecule has 116 valence electrons. The topological polar surface area (TPSA) is 49.8 Å². The average molecular weight is 283 g/mol. The van der Waals surface area contributed by atoms with E-state index in [1.807, 2.05) is 25.7 Å². The number of likely N-dealkylation sites (tertiary alicyclic amines) is 1. The van der Waals surface area contributed by atoms with E-state index in [-0.39, 0.29) is 24.2 Å². The summed E-state index contributed by atoms with van der Waals surface area (Å²) in [7, 11) is 0. The number of carbonyl (C=O) groups is 1. The van der Waals surface area contributed by atoms with E-state index in [0.717, 1.165) is 38.6 Å². The number of aliphatic hydroxyl groups excluding tert-OH is 1. The van der Waals surface area contributed by atoms with Gasteiger partial charge in [0.25, 0.3) is 0 Å². The molecule has 0 bridgehead atoms. The van der Waals surface area contributed by atoms with Crippen LogP contribution in [0.2, 0.25) is 0 Å². The van der Waals surface area contributed by atoms with Crippen LogP contribution < -0.4 is 0 Å². The van der Waals surface area contributed by atoms with Crippen molar-refractivity contribution in [2.75, 3.05) is 6.54 Å². The number of hydrogen-bond acceptors (Lipinski definition) is 3. The molecule has 1 amide bonds. The van der Waals surface area contributed by atoms with Crippen molar-refractivity contribution in [3.63, 3.8) is 0 Å². The van der Waals surface area contributed by atoms with Gasteiger partial charge in [-0.15, -0.1) is 0 Å². The normalized spacial score (nSPS) is 35.1. The Morgan fingerprint density at radius 2 is 1.95 bits per heavy atom. The van der Waals surface area contributed by atoms with Crippen molar-refractivity contribution in [3.8, 4) is 0 Å². The monoisotopic (exact) mass is 283 g/mol. The Balaban J connectivity index is 2.09. The first-order valence-corrected chi connectivity index (χ1v) is 7.95. The number of aliphatic hydroxyl groups is 1. The lowest BCUT2D eigenvalue weighted by Crippen LogP contribution is -2.52.